The first-order valence-electron chi connectivity index (χ1n) is 8.41. The summed E-state index contributed by atoms with van der Waals surface area (Å²) in [5.74, 6) is 0. The van der Waals surface area contributed by atoms with Crippen molar-refractivity contribution in [3.8, 4) is 0 Å². The summed E-state index contributed by atoms with van der Waals surface area (Å²) in [4.78, 5) is 4.70. The minimum atomic E-state index is 0.548. The summed E-state index contributed by atoms with van der Waals surface area (Å²) in [5, 5.41) is 1.47. The van der Waals surface area contributed by atoms with Gasteiger partial charge in [-0.15, -0.1) is 0 Å². The van der Waals surface area contributed by atoms with E-state index in [1.54, 1.807) is 11.3 Å². The van der Waals surface area contributed by atoms with Crippen LogP contribution in [0, 0.1) is 0 Å². The maximum atomic E-state index is 2.58. The molecule has 22 heavy (non-hydrogen) atoms. The molecule has 2 aromatic rings. The van der Waals surface area contributed by atoms with Gasteiger partial charge in [0.2, 0.25) is 0 Å². The van der Waals surface area contributed by atoms with Gasteiger partial charge in [-0.2, -0.15) is 0 Å². The molecule has 0 fully saturated rings. The average molecular weight is 299 g/mol. The predicted octanol–water partition coefficient (Wildman–Crippen LogP) is 3.01. The van der Waals surface area contributed by atoms with Gasteiger partial charge >= 0.3 is 0 Å². The van der Waals surface area contributed by atoms with E-state index in [9.17, 15) is 0 Å². The van der Waals surface area contributed by atoms with Crippen LogP contribution in [0.4, 0.5) is 0 Å². The Morgan fingerprint density at radius 2 is 1.91 bits per heavy atom. The lowest BCUT2D eigenvalue weighted by Crippen LogP contribution is -2.34. The minimum Gasteiger partial charge on any atom is -0.343 e. The highest BCUT2D eigenvalue weighted by atomic mass is 15.1. The maximum Gasteiger partial charge on any atom is 0.0485 e. The molecule has 2 unspecified atom stereocenters. The van der Waals surface area contributed by atoms with Gasteiger partial charge in [-0.25, -0.2) is 0 Å². The highest BCUT2D eigenvalue weighted by molar-refractivity contribution is 5.86. The summed E-state index contributed by atoms with van der Waals surface area (Å²) in [6.07, 6.45) is 3.66. The zero-order valence-electron chi connectivity index (χ0n) is 14.6. The summed E-state index contributed by atoms with van der Waals surface area (Å²) in [7, 11) is 8.77. The van der Waals surface area contributed by atoms with Crippen molar-refractivity contribution < 1.29 is 0 Å². The lowest BCUT2D eigenvalue weighted by molar-refractivity contribution is 0.260. The van der Waals surface area contributed by atoms with E-state index in [1.165, 1.54) is 30.2 Å². The predicted molar refractivity (Wildman–Crippen MR) is 94.6 cm³/mol. The quantitative estimate of drug-likeness (QED) is 0.860. The standard InChI is InChI=1S/C19H29N3/c1-14(20(2)3)13-22-18-9-7-6-8-16(18)17-12-15(21(4)5)10-11-19(17)22/h6-9,14-15H,10-13H2,1-5H3. The van der Waals surface area contributed by atoms with Crippen LogP contribution in [0.3, 0.4) is 0 Å². The van der Waals surface area contributed by atoms with Gasteiger partial charge < -0.3 is 14.4 Å². The zero-order chi connectivity index (χ0) is 15.9. The third-order valence-electron chi connectivity index (χ3n) is 5.41. The molecule has 2 atom stereocenters. The van der Waals surface area contributed by atoms with E-state index < -0.39 is 0 Å². The number of nitrogens with zero attached hydrogens (tertiary/aromatic N) is 3. The van der Waals surface area contributed by atoms with Crippen molar-refractivity contribution in [3.63, 3.8) is 0 Å². The van der Waals surface area contributed by atoms with Crippen LogP contribution in [0.5, 0.6) is 0 Å². The van der Waals surface area contributed by atoms with Crippen LogP contribution in [0.1, 0.15) is 24.6 Å². The lowest BCUT2D eigenvalue weighted by Gasteiger charge is -2.30. The molecule has 0 saturated carbocycles. The van der Waals surface area contributed by atoms with Crippen molar-refractivity contribution in [2.45, 2.75) is 44.8 Å². The van der Waals surface area contributed by atoms with Crippen molar-refractivity contribution in [3.05, 3.63) is 35.5 Å². The molecule has 1 aromatic carbocycles. The first-order valence-corrected chi connectivity index (χ1v) is 8.41. The Hall–Kier alpha value is -1.32. The van der Waals surface area contributed by atoms with Gasteiger partial charge in [0, 0.05) is 35.2 Å². The average Bonchev–Trinajstić information content (AvgIpc) is 2.81. The number of hydrogen-bond acceptors (Lipinski definition) is 2. The summed E-state index contributed by atoms with van der Waals surface area (Å²) in [6.45, 7) is 3.39. The van der Waals surface area contributed by atoms with Crippen molar-refractivity contribution in [2.24, 2.45) is 0 Å². The normalized spacial score (nSPS) is 19.9. The monoisotopic (exact) mass is 299 g/mol. The molecule has 0 saturated heterocycles. The molecule has 1 aromatic heterocycles. The van der Waals surface area contributed by atoms with Crippen LogP contribution in [0.25, 0.3) is 10.9 Å². The van der Waals surface area contributed by atoms with Gasteiger partial charge in [-0.1, -0.05) is 18.2 Å². The second kappa shape index (κ2) is 6.05. The second-order valence-corrected chi connectivity index (χ2v) is 7.23. The fourth-order valence-corrected chi connectivity index (χ4v) is 3.66. The Labute approximate surface area is 134 Å². The van der Waals surface area contributed by atoms with Crippen molar-refractivity contribution in [1.29, 1.82) is 0 Å². The molecule has 1 aliphatic carbocycles. The molecule has 3 rings (SSSR count). The Morgan fingerprint density at radius 3 is 2.59 bits per heavy atom. The van der Waals surface area contributed by atoms with Gasteiger partial charge in [0.05, 0.1) is 0 Å². The molecule has 3 nitrogen and oxygen atoms in total. The third kappa shape index (κ3) is 2.68. The molecule has 0 spiro atoms. The van der Waals surface area contributed by atoms with Crippen molar-refractivity contribution in [2.75, 3.05) is 28.2 Å². The second-order valence-electron chi connectivity index (χ2n) is 7.23. The molecule has 120 valence electrons. The van der Waals surface area contributed by atoms with Gasteiger partial charge in [0.25, 0.3) is 0 Å². The summed E-state index contributed by atoms with van der Waals surface area (Å²) < 4.78 is 2.58. The third-order valence-corrected chi connectivity index (χ3v) is 5.41. The molecule has 3 heteroatoms. The maximum absolute atomic E-state index is 2.58. The van der Waals surface area contributed by atoms with Gasteiger partial charge in [-0.05, 0) is 66.0 Å². The van der Waals surface area contributed by atoms with Crippen LogP contribution in [-0.4, -0.2) is 54.6 Å². The highest BCUT2D eigenvalue weighted by Gasteiger charge is 2.26. The molecule has 0 aliphatic heterocycles. The van der Waals surface area contributed by atoms with Crippen molar-refractivity contribution in [1.82, 2.24) is 14.4 Å². The first-order chi connectivity index (χ1) is 10.5. The molecule has 1 heterocycles. The largest absolute Gasteiger partial charge is 0.343 e. The smallest absolute Gasteiger partial charge is 0.0485 e. The topological polar surface area (TPSA) is 11.4 Å². The summed E-state index contributed by atoms with van der Waals surface area (Å²) in [5.41, 5.74) is 4.58. The van der Waals surface area contributed by atoms with Crippen LogP contribution in [0.15, 0.2) is 24.3 Å². The van der Waals surface area contributed by atoms with E-state index >= 15 is 0 Å². The van der Waals surface area contributed by atoms with Gasteiger partial charge in [0.15, 0.2) is 0 Å². The van der Waals surface area contributed by atoms with E-state index in [0.29, 0.717) is 12.1 Å². The number of hydrogen-bond donors (Lipinski definition) is 0. The number of para-hydroxylation sites is 1. The van der Waals surface area contributed by atoms with Crippen LogP contribution >= 0.6 is 0 Å². The van der Waals surface area contributed by atoms with Crippen LogP contribution in [-0.2, 0) is 19.4 Å². The zero-order valence-corrected chi connectivity index (χ0v) is 14.6. The summed E-state index contributed by atoms with van der Waals surface area (Å²) in [6, 6.07) is 10.2. The first kappa shape index (κ1) is 15.6. The Bertz CT molecular complexity index is 654. The van der Waals surface area contributed by atoms with Crippen LogP contribution in [0.2, 0.25) is 0 Å². The fourth-order valence-electron chi connectivity index (χ4n) is 3.66. The number of likely N-dealkylation sites (N-methyl/N-ethyl adjacent to an activating group) is 2. The molecule has 0 amide bonds. The number of rotatable bonds is 4. The molecular weight excluding hydrogens is 270 g/mol. The minimum absolute atomic E-state index is 0.548. The molecule has 0 radical (unpaired) electrons. The Morgan fingerprint density at radius 1 is 1.18 bits per heavy atom. The number of aromatic nitrogens is 1. The van der Waals surface area contributed by atoms with E-state index in [1.807, 2.05) is 0 Å². The van der Waals surface area contributed by atoms with E-state index in [0.717, 1.165) is 6.54 Å². The van der Waals surface area contributed by atoms with E-state index in [4.69, 9.17) is 0 Å². The molecular formula is C19H29N3. The van der Waals surface area contributed by atoms with E-state index in [2.05, 4.69) is 73.7 Å². The Balaban J connectivity index is 2.06. The number of fused-ring (bicyclic) bond motifs is 3. The van der Waals surface area contributed by atoms with Crippen molar-refractivity contribution >= 4 is 10.9 Å². The van der Waals surface area contributed by atoms with Gasteiger partial charge in [0.1, 0.15) is 0 Å². The lowest BCUT2D eigenvalue weighted by atomic mass is 9.91. The molecule has 0 N–H and O–H groups in total. The number of benzene rings is 1. The van der Waals surface area contributed by atoms with E-state index in [-0.39, 0.29) is 0 Å². The van der Waals surface area contributed by atoms with Crippen LogP contribution < -0.4 is 0 Å². The Kier molecular flexibility index (Phi) is 4.28. The molecule has 0 bridgehead atoms. The SMILES string of the molecule is CC(Cn1c2c(c3ccccc31)CC(N(C)C)CC2)N(C)C. The summed E-state index contributed by atoms with van der Waals surface area (Å²) >= 11 is 0. The fraction of sp³-hybridized carbons (Fsp3) is 0.579. The van der Waals surface area contributed by atoms with Gasteiger partial charge in [-0.3, -0.25) is 0 Å². The molecule has 1 aliphatic rings. The highest BCUT2D eigenvalue weighted by Crippen LogP contribution is 2.33.